The number of methoxy groups -OCH3 is 4. The minimum Gasteiger partial charge on any atom is -0.502 e. The van der Waals surface area contributed by atoms with E-state index in [1.807, 2.05) is 0 Å². The Morgan fingerprint density at radius 1 is 0.902 bits per heavy atom. The molecule has 0 fully saturated rings. The van der Waals surface area contributed by atoms with Gasteiger partial charge in [0.2, 0.25) is 5.75 Å². The maximum Gasteiger partial charge on any atom is 0.347 e. The second kappa shape index (κ2) is 12.6. The van der Waals surface area contributed by atoms with E-state index in [0.29, 0.717) is 33.7 Å². The third-order valence-electron chi connectivity index (χ3n) is 9.73. The largest absolute Gasteiger partial charge is 0.502 e. The number of phenols is 1. The fourth-order valence-electron chi connectivity index (χ4n) is 7.27. The van der Waals surface area contributed by atoms with Gasteiger partial charge in [0.15, 0.2) is 34.6 Å². The van der Waals surface area contributed by atoms with Crippen LogP contribution in [-0.4, -0.2) is 68.6 Å². The van der Waals surface area contributed by atoms with E-state index in [1.54, 1.807) is 37.4 Å². The molecular weight excluding hydrogens is 730 g/mol. The summed E-state index contributed by atoms with van der Waals surface area (Å²) in [5, 5.41) is 10.6. The number of allylic oxidation sites excluding steroid dienone is 6. The lowest BCUT2D eigenvalue weighted by molar-refractivity contribution is -0.115. The molecule has 2 aliphatic carbocycles. The summed E-state index contributed by atoms with van der Waals surface area (Å²) < 4.78 is 26.7. The molecule has 1 N–H and O–H groups in total. The summed E-state index contributed by atoms with van der Waals surface area (Å²) in [7, 11) is 7.33. The van der Waals surface area contributed by atoms with Crippen LogP contribution in [-0.2, 0) is 36.1 Å². The number of hydrogen-bond acceptors (Lipinski definition) is 11. The zero-order valence-corrected chi connectivity index (χ0v) is 29.8. The summed E-state index contributed by atoms with van der Waals surface area (Å²) in [5.41, 5.74) is 0.997. The van der Waals surface area contributed by atoms with Gasteiger partial charge in [-0.3, -0.25) is 14.4 Å². The molecule has 4 aromatic rings. The number of hydrogen-bond donors (Lipinski definition) is 1. The molecule has 3 heterocycles. The molecule has 16 heteroatoms. The van der Waals surface area contributed by atoms with Crippen molar-refractivity contribution in [2.75, 3.05) is 28.4 Å². The zero-order valence-electron chi connectivity index (χ0n) is 28.2. The van der Waals surface area contributed by atoms with Crippen molar-refractivity contribution in [3.8, 4) is 28.7 Å². The number of Topliss-reactive ketones (excluding diaryl/α,β-unsaturated/α-hetero) is 1. The highest BCUT2D eigenvalue weighted by atomic mass is 79.9. The average Bonchev–Trinajstić information content (AvgIpc) is 3.38. The third kappa shape index (κ3) is 5.15. The Kier molecular flexibility index (Phi) is 8.36. The van der Waals surface area contributed by atoms with Gasteiger partial charge in [-0.2, -0.15) is 0 Å². The summed E-state index contributed by atoms with van der Waals surface area (Å²) in [6.07, 6.45) is 2.95. The Hall–Kier alpha value is -5.64. The summed E-state index contributed by atoms with van der Waals surface area (Å²) in [6.45, 7) is -0.152. The fourth-order valence-corrected chi connectivity index (χ4v) is 7.71. The molecular formula is C35H32BrN5O10. The van der Waals surface area contributed by atoms with Crippen LogP contribution in [0.2, 0.25) is 0 Å². The number of carbonyl (C=O) groups excluding carboxylic acids is 2. The molecule has 2 atom stereocenters. The minimum absolute atomic E-state index is 0.00232. The Morgan fingerprint density at radius 3 is 2.20 bits per heavy atom. The summed E-state index contributed by atoms with van der Waals surface area (Å²) in [4.78, 5) is 73.0. The molecule has 0 saturated heterocycles. The van der Waals surface area contributed by atoms with Gasteiger partial charge in [0.1, 0.15) is 5.69 Å². The predicted octanol–water partition coefficient (Wildman–Crippen LogP) is 2.44. The van der Waals surface area contributed by atoms with E-state index in [-0.39, 0.29) is 70.3 Å². The molecule has 2 aromatic heterocycles. The molecule has 3 aliphatic rings. The third-order valence-corrected chi connectivity index (χ3v) is 10.3. The Labute approximate surface area is 297 Å². The smallest absolute Gasteiger partial charge is 0.347 e. The van der Waals surface area contributed by atoms with E-state index in [2.05, 4.69) is 20.9 Å². The van der Waals surface area contributed by atoms with Gasteiger partial charge < -0.3 is 28.6 Å². The average molecular weight is 763 g/mol. The van der Waals surface area contributed by atoms with E-state index in [9.17, 15) is 29.1 Å². The first kappa shape index (κ1) is 33.8. The summed E-state index contributed by atoms with van der Waals surface area (Å²) >= 11 is 3.22. The van der Waals surface area contributed by atoms with Gasteiger partial charge in [0.25, 0.3) is 5.56 Å². The Bertz CT molecular complexity index is 2460. The molecule has 0 unspecified atom stereocenters. The summed E-state index contributed by atoms with van der Waals surface area (Å²) in [5.74, 6) is -0.853. The van der Waals surface area contributed by atoms with Crippen LogP contribution in [0.1, 0.15) is 29.6 Å². The lowest BCUT2D eigenvalue weighted by atomic mass is 9.69. The number of ketones is 2. The van der Waals surface area contributed by atoms with Gasteiger partial charge in [0, 0.05) is 61.7 Å². The highest BCUT2D eigenvalue weighted by molar-refractivity contribution is 9.12. The molecule has 0 amide bonds. The standard InChI is InChI=1S/C35H32BrN5O10/c1-38-23-15-26(49-3)25(48-2)14-21(23)37-20(33(38)45)7-8-39-34(46)40-9-6-17-22(41(40)35(39)47)12-18-30(24(42)13-19(36)31(18)43)29(17)16-10-27(50-4)32(44)28(11-16)51-5/h6,10-11,13-15,22,29,44H,7-9,12H2,1-5H3/t22-,29+/m1/s1. The van der Waals surface area contributed by atoms with Crippen LogP contribution in [0.5, 0.6) is 28.7 Å². The molecule has 2 aromatic carbocycles. The van der Waals surface area contributed by atoms with E-state index < -0.39 is 34.7 Å². The van der Waals surface area contributed by atoms with Gasteiger partial charge >= 0.3 is 11.4 Å². The van der Waals surface area contributed by atoms with Crippen molar-refractivity contribution in [3.05, 3.63) is 100 Å². The highest BCUT2D eigenvalue weighted by Crippen LogP contribution is 2.52. The number of carbonyl (C=O) groups is 2. The van der Waals surface area contributed by atoms with E-state index in [0.717, 1.165) is 4.57 Å². The Balaban J connectivity index is 1.31. The van der Waals surface area contributed by atoms with Crippen LogP contribution < -0.4 is 35.9 Å². The van der Waals surface area contributed by atoms with Crippen molar-refractivity contribution in [2.24, 2.45) is 7.05 Å². The lowest BCUT2D eigenvalue weighted by Crippen LogP contribution is -2.40. The molecule has 264 valence electrons. The molecule has 7 rings (SSSR count). The van der Waals surface area contributed by atoms with E-state index in [4.69, 9.17) is 18.9 Å². The van der Waals surface area contributed by atoms with Crippen LogP contribution in [0.3, 0.4) is 0 Å². The molecule has 0 bridgehead atoms. The van der Waals surface area contributed by atoms with Crippen molar-refractivity contribution < 1.29 is 33.6 Å². The quantitative estimate of drug-likeness (QED) is 0.206. The SMILES string of the molecule is COc1cc2nc(CCn3c(=O)n4n(c3=O)[C@@H]3CC5=C(C(=O)C=C(Br)C5=O)[C@@H](c5cc(OC)c(O)c(OC)c5)C3=CC4)c(=O)n(C)c2cc1OC. The number of phenolic OH excluding ortho intramolecular Hbond substituents is 1. The fraction of sp³-hybridized carbons (Fsp3) is 0.314. The van der Waals surface area contributed by atoms with Crippen molar-refractivity contribution in [3.63, 3.8) is 0 Å². The molecule has 0 spiro atoms. The minimum atomic E-state index is -0.838. The van der Waals surface area contributed by atoms with E-state index in [1.165, 1.54) is 48.4 Å². The van der Waals surface area contributed by atoms with Gasteiger partial charge in [-0.25, -0.2) is 28.5 Å². The van der Waals surface area contributed by atoms with E-state index >= 15 is 0 Å². The molecule has 0 radical (unpaired) electrons. The maximum atomic E-state index is 14.2. The predicted molar refractivity (Wildman–Crippen MR) is 186 cm³/mol. The van der Waals surface area contributed by atoms with Crippen LogP contribution in [0.25, 0.3) is 11.0 Å². The number of rotatable bonds is 8. The highest BCUT2D eigenvalue weighted by Gasteiger charge is 2.45. The maximum absolute atomic E-state index is 14.2. The van der Waals surface area contributed by atoms with Crippen molar-refractivity contribution >= 4 is 38.5 Å². The number of benzene rings is 2. The summed E-state index contributed by atoms with van der Waals surface area (Å²) in [6, 6.07) is 5.59. The number of nitrogens with zero attached hydrogens (tertiary/aromatic N) is 5. The monoisotopic (exact) mass is 761 g/mol. The van der Waals surface area contributed by atoms with Gasteiger partial charge in [0.05, 0.1) is 56.5 Å². The van der Waals surface area contributed by atoms with Crippen LogP contribution in [0, 0.1) is 0 Å². The number of aromatic nitrogens is 5. The van der Waals surface area contributed by atoms with Gasteiger partial charge in [-0.05, 0) is 39.2 Å². The molecule has 15 nitrogen and oxygen atoms in total. The first-order chi connectivity index (χ1) is 24.4. The number of aromatic hydroxyl groups is 1. The number of aryl methyl sites for hydroxylation is 2. The number of ether oxygens (including phenoxy) is 4. The topological polar surface area (TPSA) is 175 Å². The Morgan fingerprint density at radius 2 is 1.55 bits per heavy atom. The first-order valence-corrected chi connectivity index (χ1v) is 16.6. The normalized spacial score (nSPS) is 18.2. The van der Waals surface area contributed by atoms with Gasteiger partial charge in [-0.1, -0.05) is 6.08 Å². The van der Waals surface area contributed by atoms with Crippen molar-refractivity contribution in [2.45, 2.75) is 37.9 Å². The second-order valence-electron chi connectivity index (χ2n) is 12.2. The number of halogens is 1. The van der Waals surface area contributed by atoms with Gasteiger partial charge in [-0.15, -0.1) is 0 Å². The zero-order chi connectivity index (χ0) is 36.5. The number of fused-ring (bicyclic) bond motifs is 4. The second-order valence-corrected chi connectivity index (χ2v) is 13.1. The molecule has 0 saturated carbocycles. The van der Waals surface area contributed by atoms with Crippen LogP contribution in [0.15, 0.2) is 72.0 Å². The molecule has 1 aliphatic heterocycles. The van der Waals surface area contributed by atoms with Crippen LogP contribution in [0.4, 0.5) is 0 Å². The van der Waals surface area contributed by atoms with Crippen molar-refractivity contribution in [1.82, 2.24) is 23.5 Å². The van der Waals surface area contributed by atoms with Crippen molar-refractivity contribution in [1.29, 1.82) is 0 Å². The lowest BCUT2D eigenvalue weighted by Gasteiger charge is -2.39. The van der Waals surface area contributed by atoms with Crippen LogP contribution >= 0.6 is 15.9 Å². The first-order valence-electron chi connectivity index (χ1n) is 15.8. The molecule has 51 heavy (non-hydrogen) atoms.